The van der Waals surface area contributed by atoms with E-state index in [9.17, 15) is 19.1 Å². The first-order valence-corrected chi connectivity index (χ1v) is 6.91. The molecule has 0 unspecified atom stereocenters. The highest BCUT2D eigenvalue weighted by atomic mass is 35.5. The van der Waals surface area contributed by atoms with E-state index in [1.54, 1.807) is 0 Å². The Labute approximate surface area is 118 Å². The minimum Gasteiger partial charge on any atom is -0.548 e. The van der Waals surface area contributed by atoms with Crippen LogP contribution in [0, 0.1) is 5.82 Å². The fourth-order valence-corrected chi connectivity index (χ4v) is 3.90. The van der Waals surface area contributed by atoms with Gasteiger partial charge in [0.05, 0.1) is 12.0 Å². The van der Waals surface area contributed by atoms with Crippen LogP contribution in [-0.2, 0) is 9.59 Å². The monoisotopic (exact) mass is 302 g/mol. The number of thioether (sulfide) groups is 1. The van der Waals surface area contributed by atoms with Gasteiger partial charge < -0.3 is 14.8 Å². The fourth-order valence-electron chi connectivity index (χ4n) is 2.04. The highest BCUT2D eigenvalue weighted by molar-refractivity contribution is 7.99. The number of nitrogens with zero attached hydrogens (tertiary/aromatic N) is 1. The van der Waals surface area contributed by atoms with Crippen molar-refractivity contribution in [3.8, 4) is 0 Å². The Bertz CT molecular complexity index is 519. The van der Waals surface area contributed by atoms with Crippen molar-refractivity contribution in [1.29, 1.82) is 0 Å². The van der Waals surface area contributed by atoms with Crippen molar-refractivity contribution in [2.24, 2.45) is 0 Å². The van der Waals surface area contributed by atoms with Gasteiger partial charge in [-0.25, -0.2) is 4.39 Å². The number of hydrogen-bond acceptors (Lipinski definition) is 4. The van der Waals surface area contributed by atoms with Crippen LogP contribution in [0.15, 0.2) is 18.2 Å². The molecule has 7 heteroatoms. The third kappa shape index (κ3) is 2.55. The molecule has 2 rings (SSSR count). The Morgan fingerprint density at radius 1 is 1.53 bits per heavy atom. The molecular formula is C12H10ClFNO3S-. The molecular weight excluding hydrogens is 293 g/mol. The van der Waals surface area contributed by atoms with Gasteiger partial charge >= 0.3 is 0 Å². The number of carboxylic acid groups (broad SMARTS) is 1. The largest absolute Gasteiger partial charge is 0.548 e. The summed E-state index contributed by atoms with van der Waals surface area (Å²) in [7, 11) is 0. The number of aliphatic carboxylic acids is 1. The summed E-state index contributed by atoms with van der Waals surface area (Å²) < 4.78 is 13.9. The van der Waals surface area contributed by atoms with Gasteiger partial charge in [0.15, 0.2) is 0 Å². The summed E-state index contributed by atoms with van der Waals surface area (Å²) in [5.74, 6) is -2.21. The fraction of sp³-hybridized carbons (Fsp3) is 0.333. The molecule has 102 valence electrons. The van der Waals surface area contributed by atoms with Gasteiger partial charge in [-0.15, -0.1) is 11.8 Å². The van der Waals surface area contributed by atoms with Crippen molar-refractivity contribution in [1.82, 2.24) is 4.90 Å². The van der Waals surface area contributed by atoms with Gasteiger partial charge in [0, 0.05) is 23.3 Å². The van der Waals surface area contributed by atoms with Crippen molar-refractivity contribution in [3.63, 3.8) is 0 Å². The van der Waals surface area contributed by atoms with Crippen molar-refractivity contribution in [2.75, 3.05) is 5.75 Å². The molecule has 0 bridgehead atoms. The van der Waals surface area contributed by atoms with Gasteiger partial charge in [0.1, 0.15) is 11.2 Å². The summed E-state index contributed by atoms with van der Waals surface area (Å²) in [6, 6.07) is 3.12. The molecule has 0 saturated carbocycles. The first-order valence-electron chi connectivity index (χ1n) is 5.48. The molecule has 1 aliphatic heterocycles. The molecule has 0 radical (unpaired) electrons. The van der Waals surface area contributed by atoms with E-state index in [1.165, 1.54) is 25.1 Å². The van der Waals surface area contributed by atoms with Crippen molar-refractivity contribution in [3.05, 3.63) is 34.6 Å². The second kappa shape index (κ2) is 5.38. The molecule has 0 spiro atoms. The molecule has 1 amide bonds. The number of carbonyl (C=O) groups excluding carboxylic acids is 2. The first kappa shape index (κ1) is 14.1. The van der Waals surface area contributed by atoms with E-state index in [0.717, 1.165) is 16.7 Å². The number of benzene rings is 1. The van der Waals surface area contributed by atoms with Gasteiger partial charge in [-0.05, 0) is 12.1 Å². The highest BCUT2D eigenvalue weighted by Gasteiger charge is 2.39. The van der Waals surface area contributed by atoms with Crippen LogP contribution in [0.2, 0.25) is 5.02 Å². The van der Waals surface area contributed by atoms with Crippen LogP contribution in [0.4, 0.5) is 4.39 Å². The zero-order valence-electron chi connectivity index (χ0n) is 9.93. The van der Waals surface area contributed by atoms with E-state index in [0.29, 0.717) is 0 Å². The Kier molecular flexibility index (Phi) is 4.01. The lowest BCUT2D eigenvalue weighted by Crippen LogP contribution is -2.48. The van der Waals surface area contributed by atoms with Gasteiger partial charge in [0.25, 0.3) is 0 Å². The van der Waals surface area contributed by atoms with Crippen LogP contribution in [0.5, 0.6) is 0 Å². The number of amides is 1. The minimum absolute atomic E-state index is 0.133. The SMILES string of the molecule is CC(=O)N1[C@@H](c2c(F)cccc2Cl)SC[C@H]1C(=O)[O-]. The highest BCUT2D eigenvalue weighted by Crippen LogP contribution is 2.44. The summed E-state index contributed by atoms with van der Waals surface area (Å²) in [4.78, 5) is 23.7. The Balaban J connectivity index is 2.45. The summed E-state index contributed by atoms with van der Waals surface area (Å²) in [5, 5.41) is 10.4. The lowest BCUT2D eigenvalue weighted by Gasteiger charge is -2.29. The molecule has 2 atom stereocenters. The molecule has 1 fully saturated rings. The Morgan fingerprint density at radius 2 is 2.21 bits per heavy atom. The quantitative estimate of drug-likeness (QED) is 0.823. The topological polar surface area (TPSA) is 60.4 Å². The maximum absolute atomic E-state index is 13.9. The van der Waals surface area contributed by atoms with Gasteiger partial charge in [-0.3, -0.25) is 4.79 Å². The van der Waals surface area contributed by atoms with Gasteiger partial charge in [-0.1, -0.05) is 17.7 Å². The molecule has 0 aliphatic carbocycles. The maximum Gasteiger partial charge on any atom is 0.221 e. The van der Waals surface area contributed by atoms with Crippen LogP contribution < -0.4 is 5.11 Å². The molecule has 4 nitrogen and oxygen atoms in total. The lowest BCUT2D eigenvalue weighted by molar-refractivity contribution is -0.310. The number of halogens is 2. The maximum atomic E-state index is 13.9. The van der Waals surface area contributed by atoms with Crippen LogP contribution in [0.25, 0.3) is 0 Å². The lowest BCUT2D eigenvalue weighted by atomic mass is 10.1. The summed E-state index contributed by atoms with van der Waals surface area (Å²) >= 11 is 7.11. The molecule has 1 aromatic rings. The summed E-state index contributed by atoms with van der Waals surface area (Å²) in [6.07, 6.45) is 0. The van der Waals surface area contributed by atoms with Gasteiger partial charge in [0.2, 0.25) is 5.91 Å². The van der Waals surface area contributed by atoms with Gasteiger partial charge in [-0.2, -0.15) is 0 Å². The number of carboxylic acids is 1. The molecule has 19 heavy (non-hydrogen) atoms. The van der Waals surface area contributed by atoms with E-state index in [-0.39, 0.29) is 16.3 Å². The van der Waals surface area contributed by atoms with E-state index in [4.69, 9.17) is 11.6 Å². The molecule has 1 aliphatic rings. The van der Waals surface area contributed by atoms with Crippen LogP contribution in [0.1, 0.15) is 17.9 Å². The smallest absolute Gasteiger partial charge is 0.221 e. The Hall–Kier alpha value is -1.27. The average molecular weight is 303 g/mol. The average Bonchev–Trinajstić information content (AvgIpc) is 2.73. The second-order valence-electron chi connectivity index (χ2n) is 4.08. The normalized spacial score (nSPS) is 22.6. The van der Waals surface area contributed by atoms with Crippen LogP contribution in [0.3, 0.4) is 0 Å². The summed E-state index contributed by atoms with van der Waals surface area (Å²) in [6.45, 7) is 1.24. The second-order valence-corrected chi connectivity index (χ2v) is 5.60. The zero-order valence-corrected chi connectivity index (χ0v) is 11.5. The van der Waals surface area contributed by atoms with E-state index >= 15 is 0 Å². The van der Waals surface area contributed by atoms with Crippen molar-refractivity contribution in [2.45, 2.75) is 18.3 Å². The third-order valence-corrected chi connectivity index (χ3v) is 4.50. The van der Waals surface area contributed by atoms with E-state index in [1.807, 2.05) is 0 Å². The van der Waals surface area contributed by atoms with E-state index in [2.05, 4.69) is 0 Å². The Morgan fingerprint density at radius 3 is 2.74 bits per heavy atom. The van der Waals surface area contributed by atoms with E-state index < -0.39 is 29.1 Å². The molecule has 1 aromatic carbocycles. The summed E-state index contributed by atoms with van der Waals surface area (Å²) in [5.41, 5.74) is 0.133. The molecule has 0 aromatic heterocycles. The van der Waals surface area contributed by atoms with Crippen molar-refractivity contribution < 1.29 is 19.1 Å². The minimum atomic E-state index is -1.35. The first-order chi connectivity index (χ1) is 8.93. The van der Waals surface area contributed by atoms with Crippen LogP contribution >= 0.6 is 23.4 Å². The zero-order chi connectivity index (χ0) is 14.2. The predicted octanol–water partition coefficient (Wildman–Crippen LogP) is 1.19. The number of hydrogen-bond donors (Lipinski definition) is 0. The molecule has 1 saturated heterocycles. The number of carbonyl (C=O) groups is 2. The molecule has 0 N–H and O–H groups in total. The standard InChI is InChI=1S/C12H11ClFNO3S/c1-6(16)15-9(12(17)18)5-19-11(15)10-7(13)3-2-4-8(10)14/h2-4,9,11H,5H2,1H3,(H,17,18)/p-1/t9-,11+/m0/s1. The van der Waals surface area contributed by atoms with Crippen molar-refractivity contribution >= 4 is 35.2 Å². The third-order valence-electron chi connectivity index (χ3n) is 2.88. The predicted molar refractivity (Wildman–Crippen MR) is 67.9 cm³/mol. The number of rotatable bonds is 2. The van der Waals surface area contributed by atoms with Crippen LogP contribution in [-0.4, -0.2) is 28.6 Å². The molecule has 1 heterocycles.